The van der Waals surface area contributed by atoms with Crippen LogP contribution in [0.4, 0.5) is 0 Å². The van der Waals surface area contributed by atoms with Crippen LogP contribution in [0.5, 0.6) is 0 Å². The smallest absolute Gasteiger partial charge is 0.00719 e. The summed E-state index contributed by atoms with van der Waals surface area (Å²) in [6.45, 7) is 2.29. The van der Waals surface area contributed by atoms with Crippen molar-refractivity contribution in [3.05, 3.63) is 30.3 Å². The first-order valence-electron chi connectivity index (χ1n) is 8.11. The van der Waals surface area contributed by atoms with E-state index < -0.39 is 0 Å². The quantitative estimate of drug-likeness (QED) is 0.183. The molecule has 0 amide bonds. The fourth-order valence-electron chi connectivity index (χ4n) is 2.30. The van der Waals surface area contributed by atoms with Crippen LogP contribution < -0.4 is 0 Å². The molecule has 0 radical (unpaired) electrons. The van der Waals surface area contributed by atoms with Crippen molar-refractivity contribution in [1.82, 2.24) is 0 Å². The van der Waals surface area contributed by atoms with Crippen LogP contribution in [0.25, 0.3) is 0 Å². The number of hydrogen-bond donors (Lipinski definition) is 0. The summed E-state index contributed by atoms with van der Waals surface area (Å²) in [5.74, 6) is 1.28. The van der Waals surface area contributed by atoms with Gasteiger partial charge < -0.3 is 0 Å². The molecule has 0 heterocycles. The van der Waals surface area contributed by atoms with E-state index in [1.54, 1.807) is 0 Å². The second kappa shape index (κ2) is 15.9. The van der Waals surface area contributed by atoms with E-state index in [2.05, 4.69) is 37.3 Å². The van der Waals surface area contributed by atoms with Crippen LogP contribution in [0.3, 0.4) is 0 Å². The molecule has 0 fully saturated rings. The van der Waals surface area contributed by atoms with Crippen molar-refractivity contribution in [1.29, 1.82) is 0 Å². The average Bonchev–Trinajstić information content (AvgIpc) is 2.46. The molecule has 0 spiro atoms. The normalized spacial score (nSPS) is 10.2. The van der Waals surface area contributed by atoms with E-state index in [0.29, 0.717) is 0 Å². The third kappa shape index (κ3) is 12.3. The Morgan fingerprint density at radius 2 is 1.20 bits per heavy atom. The number of rotatable bonds is 12. The molecule has 0 unspecified atom stereocenters. The van der Waals surface area contributed by atoms with E-state index in [1.807, 2.05) is 11.8 Å². The third-order valence-electron chi connectivity index (χ3n) is 3.51. The van der Waals surface area contributed by atoms with Crippen molar-refractivity contribution in [3.8, 4) is 0 Å². The van der Waals surface area contributed by atoms with E-state index >= 15 is 0 Å². The first kappa shape index (κ1) is 20.5. The van der Waals surface area contributed by atoms with Gasteiger partial charge in [-0.05, 0) is 24.3 Å². The van der Waals surface area contributed by atoms with Gasteiger partial charge in [-0.2, -0.15) is 0 Å². The molecule has 1 rings (SSSR count). The molecule has 0 saturated carbocycles. The maximum atomic E-state index is 2.29. The molecule has 1 aromatic rings. The van der Waals surface area contributed by atoms with Crippen LogP contribution in [0, 0.1) is 0 Å². The van der Waals surface area contributed by atoms with Gasteiger partial charge in [-0.15, -0.1) is 11.8 Å². The van der Waals surface area contributed by atoms with Crippen molar-refractivity contribution >= 4 is 11.8 Å². The van der Waals surface area contributed by atoms with Gasteiger partial charge in [0.1, 0.15) is 0 Å². The van der Waals surface area contributed by atoms with Gasteiger partial charge in [0.15, 0.2) is 0 Å². The Labute approximate surface area is 151 Å². The minimum atomic E-state index is 0. The Hall–Kier alpha value is 0.505. The van der Waals surface area contributed by atoms with Gasteiger partial charge in [-0.1, -0.05) is 82.9 Å². The van der Waals surface area contributed by atoms with Crippen LogP contribution in [0.2, 0.25) is 0 Å². The summed E-state index contributed by atoms with van der Waals surface area (Å²) in [6.07, 6.45) is 14.3. The van der Waals surface area contributed by atoms with E-state index in [0.717, 1.165) is 0 Å². The van der Waals surface area contributed by atoms with Crippen molar-refractivity contribution in [3.63, 3.8) is 0 Å². The summed E-state index contributed by atoms with van der Waals surface area (Å²) in [6, 6.07) is 10.8. The first-order chi connectivity index (χ1) is 9.43. The monoisotopic (exact) mass is 480 g/mol. The molecular formula is C18H30HgS. The van der Waals surface area contributed by atoms with E-state index in [9.17, 15) is 0 Å². The maximum Gasteiger partial charge on any atom is 0.00719 e. The third-order valence-corrected chi connectivity index (χ3v) is 4.61. The van der Waals surface area contributed by atoms with Gasteiger partial charge in [-0.3, -0.25) is 0 Å². The second-order valence-corrected chi connectivity index (χ2v) is 6.51. The van der Waals surface area contributed by atoms with E-state index in [-0.39, 0.29) is 27.7 Å². The van der Waals surface area contributed by atoms with Gasteiger partial charge >= 0.3 is 0 Å². The van der Waals surface area contributed by atoms with Gasteiger partial charge in [0.2, 0.25) is 0 Å². The van der Waals surface area contributed by atoms with Crippen LogP contribution in [0.1, 0.15) is 71.1 Å². The van der Waals surface area contributed by atoms with Gasteiger partial charge in [-0.25, -0.2) is 0 Å². The summed E-state index contributed by atoms with van der Waals surface area (Å²) in [7, 11) is 0. The Morgan fingerprint density at radius 1 is 0.700 bits per heavy atom. The number of hydrogen-bond acceptors (Lipinski definition) is 1. The maximum absolute atomic E-state index is 2.29. The van der Waals surface area contributed by atoms with Crippen molar-refractivity contribution < 1.29 is 27.7 Å². The van der Waals surface area contributed by atoms with E-state index in [4.69, 9.17) is 0 Å². The molecule has 1 aromatic carbocycles. The van der Waals surface area contributed by atoms with E-state index in [1.165, 1.54) is 74.9 Å². The molecule has 0 aliphatic heterocycles. The fourth-order valence-corrected chi connectivity index (χ4v) is 3.23. The predicted molar refractivity (Wildman–Crippen MR) is 89.0 cm³/mol. The number of thioether (sulfide) groups is 1. The molecule has 0 saturated heterocycles. The molecule has 20 heavy (non-hydrogen) atoms. The van der Waals surface area contributed by atoms with Gasteiger partial charge in [0.25, 0.3) is 0 Å². The largest absolute Gasteiger partial charge is 0.126 e. The standard InChI is InChI=1S/C18H30S.Hg/c1-2-3-4-5-6-7-8-9-10-14-17-19-18-15-12-11-13-16-18;/h11-13,15-16H,2-10,14,17H2,1H3;. The van der Waals surface area contributed by atoms with Crippen LogP contribution >= 0.6 is 11.8 Å². The summed E-state index contributed by atoms with van der Waals surface area (Å²) >= 11 is 2.00. The molecule has 2 heteroatoms. The van der Waals surface area contributed by atoms with Gasteiger partial charge in [0.05, 0.1) is 0 Å². The van der Waals surface area contributed by atoms with Crippen LogP contribution in [0.15, 0.2) is 35.2 Å². The molecule has 0 atom stereocenters. The molecule has 0 N–H and O–H groups in total. The second-order valence-electron chi connectivity index (χ2n) is 5.34. The van der Waals surface area contributed by atoms with Crippen molar-refractivity contribution in [2.45, 2.75) is 76.0 Å². The molecule has 110 valence electrons. The summed E-state index contributed by atoms with van der Waals surface area (Å²) < 4.78 is 0. The molecule has 0 nitrogen and oxygen atoms in total. The minimum Gasteiger partial charge on any atom is -0.126 e. The summed E-state index contributed by atoms with van der Waals surface area (Å²) in [5, 5.41) is 0. The number of unbranched alkanes of at least 4 members (excludes halogenated alkanes) is 9. The fraction of sp³-hybridized carbons (Fsp3) is 0.667. The number of benzene rings is 1. The average molecular weight is 479 g/mol. The molecule has 0 aliphatic carbocycles. The zero-order valence-corrected chi connectivity index (χ0v) is 19.6. The van der Waals surface area contributed by atoms with Crippen LogP contribution in [-0.4, -0.2) is 5.75 Å². The predicted octanol–water partition coefficient (Wildman–Crippen LogP) is 6.70. The Bertz CT molecular complexity index is 287. The topological polar surface area (TPSA) is 0 Å². The minimum absolute atomic E-state index is 0. The Kier molecular flexibility index (Phi) is 16.3. The molecule has 0 aliphatic rings. The van der Waals surface area contributed by atoms with Crippen molar-refractivity contribution in [2.24, 2.45) is 0 Å². The molecular weight excluding hydrogens is 449 g/mol. The molecule has 0 aromatic heterocycles. The summed E-state index contributed by atoms with van der Waals surface area (Å²) in [5.41, 5.74) is 0. The first-order valence-corrected chi connectivity index (χ1v) is 9.10. The zero-order valence-electron chi connectivity index (χ0n) is 13.3. The zero-order chi connectivity index (χ0) is 13.6. The van der Waals surface area contributed by atoms with Crippen molar-refractivity contribution in [2.75, 3.05) is 5.75 Å². The summed E-state index contributed by atoms with van der Waals surface area (Å²) in [4.78, 5) is 1.42. The molecule has 0 bridgehead atoms. The SMILES string of the molecule is CCCCCCCCCCCCSc1ccccc1.[Hg]. The van der Waals surface area contributed by atoms with Crippen LogP contribution in [-0.2, 0) is 27.7 Å². The Balaban J connectivity index is 0.00000361. The van der Waals surface area contributed by atoms with Gasteiger partial charge in [0, 0.05) is 32.6 Å². The Morgan fingerprint density at radius 3 is 1.75 bits per heavy atom.